The molecule has 186 valence electrons. The Morgan fingerprint density at radius 3 is 2.57 bits per heavy atom. The van der Waals surface area contributed by atoms with Crippen LogP contribution in [0.5, 0.6) is 17.2 Å². The molecule has 1 saturated heterocycles. The standard InChI is InChI=1S/C27H33N3O5/c1-32-23-7-5-19(6-8-23)25-15-22(30-35-25)13-21-17-28-11-10-20(21)14-27(31)29-16-18-4-9-24(33-2)26(12-18)34-3/h4-9,12,15,20-21,28H,10-11,13-14,16-17H2,1-3H3,(H,29,31). The lowest BCUT2D eigenvalue weighted by Crippen LogP contribution is -2.40. The number of piperidine rings is 1. The number of nitrogens with zero attached hydrogens (tertiary/aromatic N) is 1. The molecule has 0 bridgehead atoms. The lowest BCUT2D eigenvalue weighted by atomic mass is 9.81. The first-order valence-corrected chi connectivity index (χ1v) is 11.9. The number of carbonyl (C=O) groups is 1. The smallest absolute Gasteiger partial charge is 0.220 e. The van der Waals surface area contributed by atoms with Gasteiger partial charge in [0.2, 0.25) is 5.91 Å². The minimum atomic E-state index is 0.0516. The number of benzene rings is 2. The molecule has 1 fully saturated rings. The Balaban J connectivity index is 1.33. The molecule has 8 heteroatoms. The van der Waals surface area contributed by atoms with E-state index in [9.17, 15) is 4.79 Å². The fourth-order valence-corrected chi connectivity index (χ4v) is 4.55. The first-order valence-electron chi connectivity index (χ1n) is 11.9. The van der Waals surface area contributed by atoms with Crippen LogP contribution in [0.2, 0.25) is 0 Å². The van der Waals surface area contributed by atoms with E-state index in [1.165, 1.54) is 0 Å². The summed E-state index contributed by atoms with van der Waals surface area (Å²) in [5.74, 6) is 3.50. The van der Waals surface area contributed by atoms with Gasteiger partial charge in [-0.05, 0) is 79.7 Å². The molecular weight excluding hydrogens is 446 g/mol. The highest BCUT2D eigenvalue weighted by Crippen LogP contribution is 2.29. The summed E-state index contributed by atoms with van der Waals surface area (Å²) in [5, 5.41) is 10.8. The van der Waals surface area contributed by atoms with E-state index < -0.39 is 0 Å². The number of aromatic nitrogens is 1. The Kier molecular flexibility index (Phi) is 8.26. The quantitative estimate of drug-likeness (QED) is 0.456. The third kappa shape index (κ3) is 6.33. The topological polar surface area (TPSA) is 94.9 Å². The van der Waals surface area contributed by atoms with Gasteiger partial charge in [0, 0.05) is 24.6 Å². The van der Waals surface area contributed by atoms with Crippen molar-refractivity contribution in [2.24, 2.45) is 11.8 Å². The first kappa shape index (κ1) is 24.6. The van der Waals surface area contributed by atoms with Gasteiger partial charge < -0.3 is 29.4 Å². The van der Waals surface area contributed by atoms with Gasteiger partial charge in [-0.15, -0.1) is 0 Å². The fourth-order valence-electron chi connectivity index (χ4n) is 4.55. The maximum absolute atomic E-state index is 12.8. The summed E-state index contributed by atoms with van der Waals surface area (Å²) in [7, 11) is 4.85. The second-order valence-electron chi connectivity index (χ2n) is 8.80. The number of ether oxygens (including phenoxy) is 3. The van der Waals surface area contributed by atoms with Crippen molar-refractivity contribution in [2.45, 2.75) is 25.8 Å². The summed E-state index contributed by atoms with van der Waals surface area (Å²) in [6.45, 7) is 2.22. The molecule has 35 heavy (non-hydrogen) atoms. The van der Waals surface area contributed by atoms with Crippen molar-refractivity contribution in [3.63, 3.8) is 0 Å². The third-order valence-corrected chi connectivity index (χ3v) is 6.56. The number of hydrogen-bond donors (Lipinski definition) is 2. The summed E-state index contributed by atoms with van der Waals surface area (Å²) in [6, 6.07) is 15.4. The highest BCUT2D eigenvalue weighted by molar-refractivity contribution is 5.76. The third-order valence-electron chi connectivity index (χ3n) is 6.56. The van der Waals surface area contributed by atoms with Gasteiger partial charge in [0.25, 0.3) is 0 Å². The molecule has 1 aromatic heterocycles. The summed E-state index contributed by atoms with van der Waals surface area (Å²) >= 11 is 0. The van der Waals surface area contributed by atoms with Crippen LogP contribution in [0.15, 0.2) is 53.1 Å². The summed E-state index contributed by atoms with van der Waals surface area (Å²) in [6.07, 6.45) is 2.21. The van der Waals surface area contributed by atoms with Crippen molar-refractivity contribution in [2.75, 3.05) is 34.4 Å². The molecule has 4 rings (SSSR count). The van der Waals surface area contributed by atoms with Gasteiger partial charge in [0.05, 0.1) is 27.0 Å². The van der Waals surface area contributed by atoms with Crippen molar-refractivity contribution < 1.29 is 23.5 Å². The average Bonchev–Trinajstić information content (AvgIpc) is 3.37. The monoisotopic (exact) mass is 479 g/mol. The number of hydrogen-bond acceptors (Lipinski definition) is 7. The number of methoxy groups -OCH3 is 3. The zero-order valence-electron chi connectivity index (χ0n) is 20.5. The molecule has 2 heterocycles. The predicted octanol–water partition coefficient (Wildman–Crippen LogP) is 3.84. The maximum Gasteiger partial charge on any atom is 0.220 e. The molecule has 2 aromatic carbocycles. The van der Waals surface area contributed by atoms with Crippen LogP contribution in [0, 0.1) is 11.8 Å². The number of amides is 1. The van der Waals surface area contributed by atoms with Gasteiger partial charge in [-0.25, -0.2) is 0 Å². The van der Waals surface area contributed by atoms with Crippen LogP contribution < -0.4 is 24.8 Å². The molecule has 1 aliphatic heterocycles. The van der Waals surface area contributed by atoms with Gasteiger partial charge in [-0.3, -0.25) is 4.79 Å². The van der Waals surface area contributed by atoms with E-state index in [2.05, 4.69) is 15.8 Å². The number of carbonyl (C=O) groups excluding carboxylic acids is 1. The van der Waals surface area contributed by atoms with Crippen molar-refractivity contribution >= 4 is 5.91 Å². The zero-order valence-corrected chi connectivity index (χ0v) is 20.5. The van der Waals surface area contributed by atoms with Crippen molar-refractivity contribution in [1.29, 1.82) is 0 Å². The van der Waals surface area contributed by atoms with Gasteiger partial charge in [-0.1, -0.05) is 11.2 Å². The minimum absolute atomic E-state index is 0.0516. The average molecular weight is 480 g/mol. The highest BCUT2D eigenvalue weighted by Gasteiger charge is 2.28. The van der Waals surface area contributed by atoms with E-state index in [4.69, 9.17) is 18.7 Å². The molecule has 3 aromatic rings. The van der Waals surface area contributed by atoms with Gasteiger partial charge in [-0.2, -0.15) is 0 Å². The summed E-state index contributed by atoms with van der Waals surface area (Å²) in [5.41, 5.74) is 2.82. The lowest BCUT2D eigenvalue weighted by Gasteiger charge is -2.31. The normalized spacial score (nSPS) is 17.6. The van der Waals surface area contributed by atoms with Crippen LogP contribution in [0.3, 0.4) is 0 Å². The fraction of sp³-hybridized carbons (Fsp3) is 0.407. The molecule has 0 radical (unpaired) electrons. The molecule has 2 unspecified atom stereocenters. The molecule has 0 spiro atoms. The van der Waals surface area contributed by atoms with Crippen LogP contribution in [-0.4, -0.2) is 45.5 Å². The van der Waals surface area contributed by atoms with E-state index in [1.807, 2.05) is 48.5 Å². The Hall–Kier alpha value is -3.52. The largest absolute Gasteiger partial charge is 0.497 e. The summed E-state index contributed by atoms with van der Waals surface area (Å²) in [4.78, 5) is 12.8. The molecular formula is C27H33N3O5. The Morgan fingerprint density at radius 2 is 1.83 bits per heavy atom. The van der Waals surface area contributed by atoms with E-state index in [-0.39, 0.29) is 11.8 Å². The maximum atomic E-state index is 12.8. The number of rotatable bonds is 10. The Labute approximate surface area is 205 Å². The molecule has 2 N–H and O–H groups in total. The minimum Gasteiger partial charge on any atom is -0.497 e. The van der Waals surface area contributed by atoms with E-state index in [1.54, 1.807) is 21.3 Å². The van der Waals surface area contributed by atoms with Gasteiger partial charge >= 0.3 is 0 Å². The molecule has 1 amide bonds. The van der Waals surface area contributed by atoms with E-state index >= 15 is 0 Å². The van der Waals surface area contributed by atoms with Crippen LogP contribution in [0.25, 0.3) is 11.3 Å². The highest BCUT2D eigenvalue weighted by atomic mass is 16.5. The SMILES string of the molecule is COc1ccc(-c2cc(CC3CNCCC3CC(=O)NCc3ccc(OC)c(OC)c3)no2)cc1. The van der Waals surface area contributed by atoms with Crippen LogP contribution in [-0.2, 0) is 17.8 Å². The Morgan fingerprint density at radius 1 is 1.03 bits per heavy atom. The zero-order chi connectivity index (χ0) is 24.6. The summed E-state index contributed by atoms with van der Waals surface area (Å²) < 4.78 is 21.4. The Bertz CT molecular complexity index is 1110. The van der Waals surface area contributed by atoms with Crippen LogP contribution >= 0.6 is 0 Å². The van der Waals surface area contributed by atoms with E-state index in [0.29, 0.717) is 30.4 Å². The van der Waals surface area contributed by atoms with E-state index in [0.717, 1.165) is 54.3 Å². The van der Waals surface area contributed by atoms with Crippen molar-refractivity contribution in [1.82, 2.24) is 15.8 Å². The second kappa shape index (κ2) is 11.8. The van der Waals surface area contributed by atoms with Crippen molar-refractivity contribution in [3.8, 4) is 28.6 Å². The number of nitrogens with one attached hydrogen (secondary N) is 2. The lowest BCUT2D eigenvalue weighted by molar-refractivity contribution is -0.122. The van der Waals surface area contributed by atoms with Crippen LogP contribution in [0.4, 0.5) is 0 Å². The van der Waals surface area contributed by atoms with Crippen LogP contribution in [0.1, 0.15) is 24.1 Å². The molecule has 1 aliphatic rings. The van der Waals surface area contributed by atoms with Gasteiger partial charge in [0.15, 0.2) is 17.3 Å². The molecule has 0 saturated carbocycles. The first-order chi connectivity index (χ1) is 17.1. The molecule has 0 aliphatic carbocycles. The molecule has 2 atom stereocenters. The molecule has 8 nitrogen and oxygen atoms in total. The predicted molar refractivity (Wildman–Crippen MR) is 133 cm³/mol. The van der Waals surface area contributed by atoms with Gasteiger partial charge in [0.1, 0.15) is 5.75 Å². The second-order valence-corrected chi connectivity index (χ2v) is 8.80. The van der Waals surface area contributed by atoms with Crippen molar-refractivity contribution in [3.05, 3.63) is 59.8 Å².